The third-order valence-electron chi connectivity index (χ3n) is 3.17. The van der Waals surface area contributed by atoms with Crippen LogP contribution < -0.4 is 5.32 Å². The van der Waals surface area contributed by atoms with Crippen LogP contribution in [0.2, 0.25) is 5.02 Å². The molecule has 0 atom stereocenters. The van der Waals surface area contributed by atoms with Gasteiger partial charge in [0.15, 0.2) is 0 Å². The third-order valence-corrected chi connectivity index (χ3v) is 3.48. The smallest absolute Gasteiger partial charge is 0.139 e. The lowest BCUT2D eigenvalue weighted by Gasteiger charge is -2.10. The molecule has 0 fully saturated rings. The number of rotatable bonds is 3. The SMILES string of the molecule is Oc1c(Cl)cccc1CNc1cccc2cccnc12. The molecule has 2 N–H and O–H groups in total. The average Bonchev–Trinajstić information content (AvgIpc) is 2.49. The number of hydrogen-bond donors (Lipinski definition) is 2. The molecule has 0 bridgehead atoms. The van der Waals surface area contributed by atoms with E-state index in [1.165, 1.54) is 0 Å². The molecular formula is C16H13ClN2O. The molecule has 3 aromatic rings. The number of phenols is 1. The van der Waals surface area contributed by atoms with Crippen LogP contribution in [-0.2, 0) is 6.54 Å². The van der Waals surface area contributed by atoms with Gasteiger partial charge in [-0.3, -0.25) is 4.98 Å². The molecule has 2 aromatic carbocycles. The van der Waals surface area contributed by atoms with Gasteiger partial charge in [0.1, 0.15) is 5.75 Å². The van der Waals surface area contributed by atoms with E-state index in [0.717, 1.165) is 22.2 Å². The zero-order valence-electron chi connectivity index (χ0n) is 10.7. The summed E-state index contributed by atoms with van der Waals surface area (Å²) < 4.78 is 0. The number of benzene rings is 2. The fourth-order valence-corrected chi connectivity index (χ4v) is 2.33. The molecule has 20 heavy (non-hydrogen) atoms. The summed E-state index contributed by atoms with van der Waals surface area (Å²) in [7, 11) is 0. The minimum Gasteiger partial charge on any atom is -0.506 e. The number of phenolic OH excluding ortho intramolecular Hbond substituents is 1. The van der Waals surface area contributed by atoms with Crippen molar-refractivity contribution < 1.29 is 5.11 Å². The van der Waals surface area contributed by atoms with Crippen LogP contribution in [0.5, 0.6) is 5.75 Å². The van der Waals surface area contributed by atoms with E-state index in [1.807, 2.05) is 42.5 Å². The highest BCUT2D eigenvalue weighted by Crippen LogP contribution is 2.28. The highest BCUT2D eigenvalue weighted by atomic mass is 35.5. The molecule has 0 radical (unpaired) electrons. The molecule has 1 aromatic heterocycles. The number of aromatic nitrogens is 1. The van der Waals surface area contributed by atoms with Crippen molar-refractivity contribution in [3.05, 3.63) is 65.3 Å². The summed E-state index contributed by atoms with van der Waals surface area (Å²) in [5, 5.41) is 14.6. The summed E-state index contributed by atoms with van der Waals surface area (Å²) in [5.41, 5.74) is 2.60. The number of pyridine rings is 1. The Morgan fingerprint density at radius 3 is 2.75 bits per heavy atom. The minimum absolute atomic E-state index is 0.120. The van der Waals surface area contributed by atoms with Gasteiger partial charge in [-0.25, -0.2) is 0 Å². The number of nitrogens with one attached hydrogen (secondary N) is 1. The van der Waals surface area contributed by atoms with E-state index in [4.69, 9.17) is 11.6 Å². The second kappa shape index (κ2) is 5.39. The number of aromatic hydroxyl groups is 1. The van der Waals surface area contributed by atoms with Crippen LogP contribution in [0.25, 0.3) is 10.9 Å². The fraction of sp³-hybridized carbons (Fsp3) is 0.0625. The van der Waals surface area contributed by atoms with Crippen molar-refractivity contribution in [3.63, 3.8) is 0 Å². The highest BCUT2D eigenvalue weighted by Gasteiger charge is 2.06. The van der Waals surface area contributed by atoms with Crippen LogP contribution in [0.3, 0.4) is 0 Å². The molecule has 0 unspecified atom stereocenters. The molecule has 0 amide bonds. The van der Waals surface area contributed by atoms with Crippen LogP contribution in [0.15, 0.2) is 54.7 Å². The number of halogens is 1. The second-order valence-corrected chi connectivity index (χ2v) is 4.89. The molecular weight excluding hydrogens is 272 g/mol. The normalized spacial score (nSPS) is 10.7. The van der Waals surface area contributed by atoms with Gasteiger partial charge in [-0.2, -0.15) is 0 Å². The van der Waals surface area contributed by atoms with Gasteiger partial charge in [-0.15, -0.1) is 0 Å². The van der Waals surface area contributed by atoms with Crippen LogP contribution in [0.4, 0.5) is 5.69 Å². The minimum atomic E-state index is 0.120. The summed E-state index contributed by atoms with van der Waals surface area (Å²) in [6.07, 6.45) is 1.77. The number of anilines is 1. The van der Waals surface area contributed by atoms with Crippen LogP contribution >= 0.6 is 11.6 Å². The summed E-state index contributed by atoms with van der Waals surface area (Å²) in [6, 6.07) is 15.2. The Balaban J connectivity index is 1.89. The Morgan fingerprint density at radius 1 is 1.05 bits per heavy atom. The van der Waals surface area contributed by atoms with Crippen LogP contribution in [0.1, 0.15) is 5.56 Å². The largest absolute Gasteiger partial charge is 0.506 e. The number of fused-ring (bicyclic) bond motifs is 1. The second-order valence-electron chi connectivity index (χ2n) is 4.48. The van der Waals surface area contributed by atoms with Crippen molar-refractivity contribution in [3.8, 4) is 5.75 Å². The maximum absolute atomic E-state index is 9.90. The Labute approximate surface area is 121 Å². The average molecular weight is 285 g/mol. The van der Waals surface area contributed by atoms with Gasteiger partial charge in [-0.05, 0) is 18.2 Å². The molecule has 0 aliphatic heterocycles. The zero-order chi connectivity index (χ0) is 13.9. The maximum Gasteiger partial charge on any atom is 0.139 e. The standard InChI is InChI=1S/C16H13ClN2O/c17-13-7-1-5-12(16(13)20)10-19-14-8-2-4-11-6-3-9-18-15(11)14/h1-9,19-20H,10H2. The highest BCUT2D eigenvalue weighted by molar-refractivity contribution is 6.32. The molecule has 0 saturated carbocycles. The first-order chi connectivity index (χ1) is 9.75. The number of nitrogens with zero attached hydrogens (tertiary/aromatic N) is 1. The monoisotopic (exact) mass is 284 g/mol. The molecule has 100 valence electrons. The van der Waals surface area contributed by atoms with Crippen LogP contribution in [0, 0.1) is 0 Å². The molecule has 0 aliphatic carbocycles. The Bertz CT molecular complexity index is 753. The zero-order valence-corrected chi connectivity index (χ0v) is 11.4. The van der Waals surface area contributed by atoms with Crippen molar-refractivity contribution in [2.75, 3.05) is 5.32 Å². The van der Waals surface area contributed by atoms with E-state index < -0.39 is 0 Å². The molecule has 1 heterocycles. The number of para-hydroxylation sites is 2. The lowest BCUT2D eigenvalue weighted by atomic mass is 10.1. The topological polar surface area (TPSA) is 45.1 Å². The maximum atomic E-state index is 9.90. The van der Waals surface area contributed by atoms with E-state index in [-0.39, 0.29) is 5.75 Å². The molecule has 4 heteroatoms. The van der Waals surface area contributed by atoms with Gasteiger partial charge in [0.05, 0.1) is 16.2 Å². The molecule has 0 aliphatic rings. The fourth-order valence-electron chi connectivity index (χ4n) is 2.14. The van der Waals surface area contributed by atoms with Gasteiger partial charge in [0.25, 0.3) is 0 Å². The van der Waals surface area contributed by atoms with E-state index in [1.54, 1.807) is 12.3 Å². The van der Waals surface area contributed by atoms with Gasteiger partial charge >= 0.3 is 0 Å². The van der Waals surface area contributed by atoms with Gasteiger partial charge in [-0.1, -0.05) is 41.9 Å². The van der Waals surface area contributed by atoms with Gasteiger partial charge in [0, 0.05) is 23.7 Å². The van der Waals surface area contributed by atoms with E-state index in [9.17, 15) is 5.11 Å². The lowest BCUT2D eigenvalue weighted by Crippen LogP contribution is -2.01. The van der Waals surface area contributed by atoms with Crippen molar-refractivity contribution in [1.82, 2.24) is 4.98 Å². The first-order valence-corrected chi connectivity index (χ1v) is 6.67. The summed E-state index contributed by atoms with van der Waals surface area (Å²) in [4.78, 5) is 4.38. The van der Waals surface area contributed by atoms with Crippen LogP contribution in [-0.4, -0.2) is 10.1 Å². The van der Waals surface area contributed by atoms with Gasteiger partial charge < -0.3 is 10.4 Å². The van der Waals surface area contributed by atoms with E-state index >= 15 is 0 Å². The molecule has 3 rings (SSSR count). The summed E-state index contributed by atoms with van der Waals surface area (Å²) in [5.74, 6) is 0.120. The predicted octanol–water partition coefficient (Wildman–Crippen LogP) is 4.21. The summed E-state index contributed by atoms with van der Waals surface area (Å²) >= 11 is 5.90. The first-order valence-electron chi connectivity index (χ1n) is 6.29. The van der Waals surface area contributed by atoms with E-state index in [0.29, 0.717) is 11.6 Å². The quantitative estimate of drug-likeness (QED) is 0.757. The Kier molecular flexibility index (Phi) is 3.44. The van der Waals surface area contributed by atoms with Crippen molar-refractivity contribution in [2.24, 2.45) is 0 Å². The Hall–Kier alpha value is -2.26. The summed E-state index contributed by atoms with van der Waals surface area (Å²) in [6.45, 7) is 0.488. The third kappa shape index (κ3) is 2.40. The van der Waals surface area contributed by atoms with E-state index in [2.05, 4.69) is 10.3 Å². The van der Waals surface area contributed by atoms with Gasteiger partial charge in [0.2, 0.25) is 0 Å². The first kappa shape index (κ1) is 12.8. The molecule has 0 spiro atoms. The van der Waals surface area contributed by atoms with Crippen molar-refractivity contribution >= 4 is 28.2 Å². The molecule has 3 nitrogen and oxygen atoms in total. The lowest BCUT2D eigenvalue weighted by molar-refractivity contribution is 0.469. The predicted molar refractivity (Wildman–Crippen MR) is 82.2 cm³/mol. The Morgan fingerprint density at radius 2 is 1.85 bits per heavy atom. The van der Waals surface area contributed by atoms with Crippen molar-refractivity contribution in [1.29, 1.82) is 0 Å². The van der Waals surface area contributed by atoms with Crippen molar-refractivity contribution in [2.45, 2.75) is 6.54 Å². The number of hydrogen-bond acceptors (Lipinski definition) is 3. The molecule has 0 saturated heterocycles.